The SMILES string of the molecule is Cc1cc(C)cc(C2CNCC3(CCCC3)CO2)c1. The Morgan fingerprint density at radius 1 is 1.11 bits per heavy atom. The molecule has 2 nitrogen and oxygen atoms in total. The van der Waals surface area contributed by atoms with E-state index < -0.39 is 0 Å². The number of hydrogen-bond acceptors (Lipinski definition) is 2. The van der Waals surface area contributed by atoms with Gasteiger partial charge in [0.05, 0.1) is 12.7 Å². The van der Waals surface area contributed by atoms with Crippen molar-refractivity contribution in [2.75, 3.05) is 19.7 Å². The summed E-state index contributed by atoms with van der Waals surface area (Å²) in [5.41, 5.74) is 4.42. The molecule has 1 heterocycles. The molecule has 0 aromatic heterocycles. The molecule has 1 aromatic rings. The second kappa shape index (κ2) is 5.26. The van der Waals surface area contributed by atoms with Crippen molar-refractivity contribution in [3.63, 3.8) is 0 Å². The number of rotatable bonds is 1. The van der Waals surface area contributed by atoms with Gasteiger partial charge >= 0.3 is 0 Å². The number of hydrogen-bond donors (Lipinski definition) is 1. The highest BCUT2D eigenvalue weighted by atomic mass is 16.5. The van der Waals surface area contributed by atoms with Crippen molar-refractivity contribution in [2.24, 2.45) is 5.41 Å². The van der Waals surface area contributed by atoms with E-state index >= 15 is 0 Å². The summed E-state index contributed by atoms with van der Waals surface area (Å²) in [6.45, 7) is 7.34. The van der Waals surface area contributed by atoms with E-state index in [1.807, 2.05) is 0 Å². The fourth-order valence-electron chi connectivity index (χ4n) is 3.71. The van der Waals surface area contributed by atoms with Gasteiger partial charge in [0.2, 0.25) is 0 Å². The van der Waals surface area contributed by atoms with Crippen LogP contribution in [0.3, 0.4) is 0 Å². The maximum Gasteiger partial charge on any atom is 0.0949 e. The smallest absolute Gasteiger partial charge is 0.0949 e. The van der Waals surface area contributed by atoms with Crippen LogP contribution < -0.4 is 5.32 Å². The zero-order valence-corrected chi connectivity index (χ0v) is 12.2. The minimum absolute atomic E-state index is 0.221. The largest absolute Gasteiger partial charge is 0.372 e. The predicted molar refractivity (Wildman–Crippen MR) is 78.4 cm³/mol. The van der Waals surface area contributed by atoms with Crippen LogP contribution in [0.2, 0.25) is 0 Å². The third-order valence-electron chi connectivity index (χ3n) is 4.70. The van der Waals surface area contributed by atoms with E-state index in [1.165, 1.54) is 42.4 Å². The van der Waals surface area contributed by atoms with E-state index in [0.717, 1.165) is 19.7 Å². The molecule has 2 heteroatoms. The Kier molecular flexibility index (Phi) is 3.64. The molecule has 2 aliphatic rings. The molecule has 1 unspecified atom stereocenters. The van der Waals surface area contributed by atoms with E-state index in [0.29, 0.717) is 5.41 Å². The Labute approximate surface area is 116 Å². The van der Waals surface area contributed by atoms with Crippen molar-refractivity contribution in [3.05, 3.63) is 34.9 Å². The Balaban J connectivity index is 1.75. The highest BCUT2D eigenvalue weighted by molar-refractivity contribution is 5.30. The van der Waals surface area contributed by atoms with Crippen LogP contribution in [0.1, 0.15) is 48.5 Å². The van der Waals surface area contributed by atoms with Crippen LogP contribution in [-0.4, -0.2) is 19.7 Å². The standard InChI is InChI=1S/C17H25NO/c1-13-7-14(2)9-15(8-13)16-10-18-11-17(12-19-16)5-3-4-6-17/h7-9,16,18H,3-6,10-12H2,1-2H3. The molecule has 2 fully saturated rings. The highest BCUT2D eigenvalue weighted by Crippen LogP contribution is 2.40. The van der Waals surface area contributed by atoms with Gasteiger partial charge in [0.25, 0.3) is 0 Å². The maximum atomic E-state index is 6.27. The van der Waals surface area contributed by atoms with Crippen LogP contribution in [0.5, 0.6) is 0 Å². The molecule has 0 amide bonds. The first-order valence-corrected chi connectivity index (χ1v) is 7.57. The monoisotopic (exact) mass is 259 g/mol. The summed E-state index contributed by atoms with van der Waals surface area (Å²) < 4.78 is 6.27. The van der Waals surface area contributed by atoms with Gasteiger partial charge in [-0.1, -0.05) is 42.2 Å². The van der Waals surface area contributed by atoms with Gasteiger partial charge in [-0.15, -0.1) is 0 Å². The molecule has 1 aromatic carbocycles. The van der Waals surface area contributed by atoms with Crippen molar-refractivity contribution >= 4 is 0 Å². The summed E-state index contributed by atoms with van der Waals surface area (Å²) in [6, 6.07) is 6.77. The number of ether oxygens (including phenoxy) is 1. The summed E-state index contributed by atoms with van der Waals surface area (Å²) in [4.78, 5) is 0. The molecule has 0 radical (unpaired) electrons. The molecule has 1 N–H and O–H groups in total. The number of benzene rings is 1. The van der Waals surface area contributed by atoms with Gasteiger partial charge in [-0.05, 0) is 32.3 Å². The quantitative estimate of drug-likeness (QED) is 0.833. The molecule has 3 rings (SSSR count). The minimum Gasteiger partial charge on any atom is -0.372 e. The lowest BCUT2D eigenvalue weighted by molar-refractivity contribution is 0.0158. The molecule has 1 atom stereocenters. The van der Waals surface area contributed by atoms with Crippen LogP contribution in [0.4, 0.5) is 0 Å². The molecule has 1 aliphatic heterocycles. The molecule has 104 valence electrons. The van der Waals surface area contributed by atoms with E-state index in [1.54, 1.807) is 0 Å². The van der Waals surface area contributed by atoms with Crippen LogP contribution in [0.25, 0.3) is 0 Å². The van der Waals surface area contributed by atoms with Crippen LogP contribution in [0.15, 0.2) is 18.2 Å². The van der Waals surface area contributed by atoms with E-state index in [9.17, 15) is 0 Å². The molecule has 0 bridgehead atoms. The molecule has 1 saturated heterocycles. The van der Waals surface area contributed by atoms with Gasteiger partial charge in [0.15, 0.2) is 0 Å². The van der Waals surface area contributed by atoms with Gasteiger partial charge in [0.1, 0.15) is 0 Å². The fourth-order valence-corrected chi connectivity index (χ4v) is 3.71. The first-order chi connectivity index (χ1) is 9.17. The molecular weight excluding hydrogens is 234 g/mol. The van der Waals surface area contributed by atoms with E-state index in [-0.39, 0.29) is 6.10 Å². The normalized spacial score (nSPS) is 26.5. The Morgan fingerprint density at radius 2 is 1.79 bits per heavy atom. The first-order valence-electron chi connectivity index (χ1n) is 7.57. The second-order valence-electron chi connectivity index (χ2n) is 6.56. The molecule has 1 saturated carbocycles. The maximum absolute atomic E-state index is 6.27. The molecule has 19 heavy (non-hydrogen) atoms. The highest BCUT2D eigenvalue weighted by Gasteiger charge is 2.36. The Hall–Kier alpha value is -0.860. The van der Waals surface area contributed by atoms with Crippen LogP contribution >= 0.6 is 0 Å². The molecular formula is C17H25NO. The summed E-state index contributed by atoms with van der Waals surface area (Å²) in [5.74, 6) is 0. The predicted octanol–water partition coefficient (Wildman–Crippen LogP) is 3.52. The van der Waals surface area contributed by atoms with Crippen molar-refractivity contribution in [1.29, 1.82) is 0 Å². The van der Waals surface area contributed by atoms with Gasteiger partial charge in [-0.3, -0.25) is 0 Å². The summed E-state index contributed by atoms with van der Waals surface area (Å²) in [5, 5.41) is 3.64. The average Bonchev–Trinajstić information content (AvgIpc) is 2.70. The number of aryl methyl sites for hydroxylation is 2. The van der Waals surface area contributed by atoms with Gasteiger partial charge in [0, 0.05) is 18.5 Å². The Bertz CT molecular complexity index is 428. The van der Waals surface area contributed by atoms with E-state index in [2.05, 4.69) is 37.4 Å². The van der Waals surface area contributed by atoms with Gasteiger partial charge in [-0.25, -0.2) is 0 Å². The van der Waals surface area contributed by atoms with Crippen molar-refractivity contribution in [2.45, 2.75) is 45.6 Å². The van der Waals surface area contributed by atoms with Gasteiger partial charge in [-0.2, -0.15) is 0 Å². The first kappa shape index (κ1) is 13.1. The fraction of sp³-hybridized carbons (Fsp3) is 0.647. The lowest BCUT2D eigenvalue weighted by Crippen LogP contribution is -2.32. The lowest BCUT2D eigenvalue weighted by Gasteiger charge is -2.26. The third kappa shape index (κ3) is 2.85. The van der Waals surface area contributed by atoms with Crippen LogP contribution in [-0.2, 0) is 4.74 Å². The second-order valence-corrected chi connectivity index (χ2v) is 6.56. The minimum atomic E-state index is 0.221. The van der Waals surface area contributed by atoms with E-state index in [4.69, 9.17) is 4.74 Å². The summed E-state index contributed by atoms with van der Waals surface area (Å²) >= 11 is 0. The average molecular weight is 259 g/mol. The van der Waals surface area contributed by atoms with Crippen molar-refractivity contribution in [3.8, 4) is 0 Å². The van der Waals surface area contributed by atoms with Crippen LogP contribution in [0, 0.1) is 19.3 Å². The zero-order valence-electron chi connectivity index (χ0n) is 12.2. The third-order valence-corrected chi connectivity index (χ3v) is 4.70. The summed E-state index contributed by atoms with van der Waals surface area (Å²) in [7, 11) is 0. The topological polar surface area (TPSA) is 21.3 Å². The van der Waals surface area contributed by atoms with Gasteiger partial charge < -0.3 is 10.1 Å². The molecule has 1 spiro atoms. The zero-order chi connectivity index (χ0) is 13.3. The molecule has 1 aliphatic carbocycles. The number of nitrogens with one attached hydrogen (secondary N) is 1. The Morgan fingerprint density at radius 3 is 2.47 bits per heavy atom. The van der Waals surface area contributed by atoms with Crippen molar-refractivity contribution < 1.29 is 4.74 Å². The van der Waals surface area contributed by atoms with Crippen molar-refractivity contribution in [1.82, 2.24) is 5.32 Å². The lowest BCUT2D eigenvalue weighted by atomic mass is 9.87. The summed E-state index contributed by atoms with van der Waals surface area (Å²) in [6.07, 6.45) is 5.64.